The molecule has 7 nitrogen and oxygen atoms in total. The van der Waals surface area contributed by atoms with Gasteiger partial charge in [-0.15, -0.1) is 12.4 Å². The van der Waals surface area contributed by atoms with Gasteiger partial charge in [0.15, 0.2) is 0 Å². The lowest BCUT2D eigenvalue weighted by atomic mass is 10.2. The Bertz CT molecular complexity index is 1100. The number of methoxy groups -OCH3 is 1. The third-order valence-corrected chi connectivity index (χ3v) is 4.18. The van der Waals surface area contributed by atoms with Gasteiger partial charge in [0, 0.05) is 11.1 Å². The van der Waals surface area contributed by atoms with Crippen LogP contribution in [0, 0.1) is 0 Å². The SMILES string of the molecule is COC(=O)c1ccc(Nc2nc(NCc3ccco3)c3ccccc3n2)cc1.Cl. The lowest BCUT2D eigenvalue weighted by Gasteiger charge is -2.11. The summed E-state index contributed by atoms with van der Waals surface area (Å²) >= 11 is 0. The molecule has 0 bridgehead atoms. The van der Waals surface area contributed by atoms with Crippen molar-refractivity contribution in [2.45, 2.75) is 6.54 Å². The Hall–Kier alpha value is -3.58. The van der Waals surface area contributed by atoms with Gasteiger partial charge in [0.1, 0.15) is 11.6 Å². The summed E-state index contributed by atoms with van der Waals surface area (Å²) in [7, 11) is 1.36. The molecule has 0 atom stereocenters. The van der Waals surface area contributed by atoms with Crippen molar-refractivity contribution in [3.63, 3.8) is 0 Å². The molecule has 0 unspecified atom stereocenters. The number of esters is 1. The molecular formula is C21H19ClN4O3. The fourth-order valence-corrected chi connectivity index (χ4v) is 2.79. The molecule has 0 fully saturated rings. The number of nitrogens with zero attached hydrogens (tertiary/aromatic N) is 2. The number of benzene rings is 2. The highest BCUT2D eigenvalue weighted by Gasteiger charge is 2.09. The fourth-order valence-electron chi connectivity index (χ4n) is 2.79. The normalized spacial score (nSPS) is 10.2. The van der Waals surface area contributed by atoms with E-state index in [9.17, 15) is 4.79 Å². The van der Waals surface area contributed by atoms with Gasteiger partial charge in [0.25, 0.3) is 0 Å². The zero-order valence-electron chi connectivity index (χ0n) is 15.6. The standard InChI is InChI=1S/C21H18N4O3.ClH/c1-27-20(26)14-8-10-15(11-9-14)23-21-24-18-7-3-2-6-17(18)19(25-21)22-13-16-5-4-12-28-16;/h2-12H,13H2,1H3,(H2,22,23,24,25);1H. The fraction of sp³-hybridized carbons (Fsp3) is 0.0952. The Balaban J connectivity index is 0.00000240. The van der Waals surface area contributed by atoms with Gasteiger partial charge in [-0.1, -0.05) is 12.1 Å². The van der Waals surface area contributed by atoms with Crippen molar-refractivity contribution in [3.8, 4) is 0 Å². The molecule has 2 heterocycles. The lowest BCUT2D eigenvalue weighted by molar-refractivity contribution is 0.0601. The number of hydrogen-bond donors (Lipinski definition) is 2. The van der Waals surface area contributed by atoms with Crippen LogP contribution in [0.2, 0.25) is 0 Å². The summed E-state index contributed by atoms with van der Waals surface area (Å²) in [5.74, 6) is 1.59. The van der Waals surface area contributed by atoms with E-state index < -0.39 is 0 Å². The second-order valence-corrected chi connectivity index (χ2v) is 6.04. The molecule has 0 saturated carbocycles. The first-order chi connectivity index (χ1) is 13.7. The van der Waals surface area contributed by atoms with Gasteiger partial charge in [0.05, 0.1) is 31.0 Å². The van der Waals surface area contributed by atoms with Crippen LogP contribution in [0.4, 0.5) is 17.5 Å². The Labute approximate surface area is 173 Å². The number of aromatic nitrogens is 2. The van der Waals surface area contributed by atoms with E-state index in [-0.39, 0.29) is 18.4 Å². The molecule has 8 heteroatoms. The van der Waals surface area contributed by atoms with Crippen LogP contribution in [-0.2, 0) is 11.3 Å². The van der Waals surface area contributed by atoms with Gasteiger partial charge in [-0.05, 0) is 48.5 Å². The van der Waals surface area contributed by atoms with Crippen molar-refractivity contribution in [1.29, 1.82) is 0 Å². The van der Waals surface area contributed by atoms with Crippen LogP contribution in [0.1, 0.15) is 16.1 Å². The van der Waals surface area contributed by atoms with Crippen molar-refractivity contribution >= 4 is 46.7 Å². The number of para-hydroxylation sites is 1. The highest BCUT2D eigenvalue weighted by molar-refractivity contribution is 5.91. The Morgan fingerprint density at radius 1 is 1.03 bits per heavy atom. The molecule has 29 heavy (non-hydrogen) atoms. The Kier molecular flexibility index (Phi) is 6.31. The topological polar surface area (TPSA) is 89.3 Å². The van der Waals surface area contributed by atoms with Gasteiger partial charge >= 0.3 is 5.97 Å². The molecule has 2 N–H and O–H groups in total. The summed E-state index contributed by atoms with van der Waals surface area (Å²) in [6, 6.07) is 18.5. The summed E-state index contributed by atoms with van der Waals surface area (Å²) in [6.07, 6.45) is 1.64. The first-order valence-corrected chi connectivity index (χ1v) is 8.71. The number of furan rings is 1. The molecule has 2 aromatic carbocycles. The number of ether oxygens (including phenoxy) is 1. The van der Waals surface area contributed by atoms with Gasteiger partial charge in [-0.2, -0.15) is 4.98 Å². The quantitative estimate of drug-likeness (QED) is 0.442. The molecule has 0 aliphatic rings. The van der Waals surface area contributed by atoms with Crippen LogP contribution in [0.25, 0.3) is 10.9 Å². The molecule has 0 saturated heterocycles. The smallest absolute Gasteiger partial charge is 0.337 e. The average Bonchev–Trinajstić information content (AvgIpc) is 3.25. The van der Waals surface area contributed by atoms with E-state index in [1.807, 2.05) is 36.4 Å². The molecule has 0 spiro atoms. The molecule has 148 valence electrons. The van der Waals surface area contributed by atoms with Crippen molar-refractivity contribution in [2.24, 2.45) is 0 Å². The minimum absolute atomic E-state index is 0. The summed E-state index contributed by atoms with van der Waals surface area (Å²) in [5, 5.41) is 7.40. The van der Waals surface area contributed by atoms with Crippen LogP contribution in [0.15, 0.2) is 71.3 Å². The zero-order valence-corrected chi connectivity index (χ0v) is 16.4. The third-order valence-electron chi connectivity index (χ3n) is 4.18. The second kappa shape index (κ2) is 9.07. The van der Waals surface area contributed by atoms with Crippen molar-refractivity contribution in [1.82, 2.24) is 9.97 Å². The van der Waals surface area contributed by atoms with E-state index in [1.165, 1.54) is 7.11 Å². The predicted octanol–water partition coefficient (Wildman–Crippen LogP) is 4.79. The highest BCUT2D eigenvalue weighted by Crippen LogP contribution is 2.24. The van der Waals surface area contributed by atoms with Gasteiger partial charge in [-0.3, -0.25) is 0 Å². The van der Waals surface area contributed by atoms with E-state index in [4.69, 9.17) is 9.15 Å². The second-order valence-electron chi connectivity index (χ2n) is 6.04. The molecule has 2 aromatic heterocycles. The number of rotatable bonds is 6. The first-order valence-electron chi connectivity index (χ1n) is 8.71. The number of anilines is 3. The van der Waals surface area contributed by atoms with E-state index in [0.717, 1.165) is 22.4 Å². The van der Waals surface area contributed by atoms with E-state index in [1.54, 1.807) is 30.5 Å². The Morgan fingerprint density at radius 3 is 2.55 bits per heavy atom. The molecule has 0 aliphatic heterocycles. The molecule has 0 radical (unpaired) electrons. The minimum atomic E-state index is -0.377. The number of halogens is 1. The molecule has 0 aliphatic carbocycles. The van der Waals surface area contributed by atoms with Crippen LogP contribution < -0.4 is 10.6 Å². The largest absolute Gasteiger partial charge is 0.467 e. The maximum Gasteiger partial charge on any atom is 0.337 e. The number of hydrogen-bond acceptors (Lipinski definition) is 7. The Morgan fingerprint density at radius 2 is 1.83 bits per heavy atom. The van der Waals surface area contributed by atoms with Crippen molar-refractivity contribution in [2.75, 3.05) is 17.7 Å². The van der Waals surface area contributed by atoms with E-state index in [0.29, 0.717) is 23.9 Å². The summed E-state index contributed by atoms with van der Waals surface area (Å²) in [4.78, 5) is 20.7. The highest BCUT2D eigenvalue weighted by atomic mass is 35.5. The third kappa shape index (κ3) is 4.64. The molecule has 4 aromatic rings. The monoisotopic (exact) mass is 410 g/mol. The number of fused-ring (bicyclic) bond motifs is 1. The molecule has 0 amide bonds. The summed E-state index contributed by atoms with van der Waals surface area (Å²) < 4.78 is 10.1. The van der Waals surface area contributed by atoms with Crippen LogP contribution in [0.5, 0.6) is 0 Å². The predicted molar refractivity (Wildman–Crippen MR) is 114 cm³/mol. The average molecular weight is 411 g/mol. The number of carbonyl (C=O) groups is 1. The zero-order chi connectivity index (χ0) is 19.3. The number of carbonyl (C=O) groups excluding carboxylic acids is 1. The molecule has 4 rings (SSSR count). The number of nitrogens with one attached hydrogen (secondary N) is 2. The minimum Gasteiger partial charge on any atom is -0.467 e. The maximum atomic E-state index is 11.6. The van der Waals surface area contributed by atoms with Gasteiger partial charge in [0.2, 0.25) is 5.95 Å². The van der Waals surface area contributed by atoms with E-state index in [2.05, 4.69) is 20.6 Å². The van der Waals surface area contributed by atoms with Crippen LogP contribution in [-0.4, -0.2) is 23.0 Å². The first kappa shape index (κ1) is 20.2. The lowest BCUT2D eigenvalue weighted by Crippen LogP contribution is -2.05. The molecular weight excluding hydrogens is 392 g/mol. The van der Waals surface area contributed by atoms with E-state index >= 15 is 0 Å². The van der Waals surface area contributed by atoms with Crippen LogP contribution >= 0.6 is 12.4 Å². The summed E-state index contributed by atoms with van der Waals surface area (Å²) in [6.45, 7) is 0.515. The van der Waals surface area contributed by atoms with Crippen molar-refractivity contribution in [3.05, 3.63) is 78.3 Å². The van der Waals surface area contributed by atoms with Gasteiger partial charge in [-0.25, -0.2) is 9.78 Å². The summed E-state index contributed by atoms with van der Waals surface area (Å²) in [5.41, 5.74) is 2.06. The maximum absolute atomic E-state index is 11.6. The van der Waals surface area contributed by atoms with Gasteiger partial charge < -0.3 is 19.8 Å². The van der Waals surface area contributed by atoms with Crippen molar-refractivity contribution < 1.29 is 13.9 Å². The van der Waals surface area contributed by atoms with Crippen LogP contribution in [0.3, 0.4) is 0 Å².